The van der Waals surface area contributed by atoms with Gasteiger partial charge in [0.05, 0.1) is 5.02 Å². The number of likely N-dealkylation sites (tertiary alicyclic amines) is 1. The van der Waals surface area contributed by atoms with Crippen molar-refractivity contribution in [2.75, 3.05) is 20.1 Å². The number of halogens is 4. The highest BCUT2D eigenvalue weighted by molar-refractivity contribution is 6.36. The number of aromatic nitrogens is 3. The Morgan fingerprint density at radius 2 is 1.07 bits per heavy atom. The van der Waals surface area contributed by atoms with Crippen molar-refractivity contribution < 1.29 is 8.78 Å². The summed E-state index contributed by atoms with van der Waals surface area (Å²) in [6.45, 7) is 24.2. The molecule has 5 aromatic carbocycles. The van der Waals surface area contributed by atoms with Crippen molar-refractivity contribution >= 4 is 44.7 Å². The van der Waals surface area contributed by atoms with E-state index in [1.807, 2.05) is 103 Å². The number of hydrogen-bond donors (Lipinski definition) is 0. The fourth-order valence-corrected chi connectivity index (χ4v) is 6.45. The molecule has 7 aromatic rings. The van der Waals surface area contributed by atoms with Gasteiger partial charge in [-0.3, -0.25) is 4.98 Å². The average molecular weight is 868 g/mol. The van der Waals surface area contributed by atoms with Crippen LogP contribution in [0.3, 0.4) is 0 Å². The number of fused-ring (bicyclic) bond motifs is 2. The Morgan fingerprint density at radius 3 is 1.56 bits per heavy atom. The van der Waals surface area contributed by atoms with Gasteiger partial charge in [-0.25, -0.2) is 18.7 Å². The van der Waals surface area contributed by atoms with Crippen LogP contribution in [0.1, 0.15) is 83.2 Å². The van der Waals surface area contributed by atoms with Crippen LogP contribution in [-0.4, -0.2) is 40.0 Å². The zero-order chi connectivity index (χ0) is 44.5. The summed E-state index contributed by atoms with van der Waals surface area (Å²) >= 11 is 11.9. The summed E-state index contributed by atoms with van der Waals surface area (Å²) < 4.78 is 26.3. The molecule has 1 aliphatic rings. The minimum atomic E-state index is -0.231. The third-order valence-corrected chi connectivity index (χ3v) is 10.9. The summed E-state index contributed by atoms with van der Waals surface area (Å²) in [7, 11) is 2.20. The fraction of sp³-hybridized carbons (Fsp3) is 0.340. The minimum Gasteiger partial charge on any atom is -0.306 e. The fourth-order valence-electron chi connectivity index (χ4n) is 5.95. The van der Waals surface area contributed by atoms with Gasteiger partial charge in [-0.15, -0.1) is 0 Å². The van der Waals surface area contributed by atoms with Gasteiger partial charge in [0, 0.05) is 45.6 Å². The molecule has 0 spiro atoms. The Balaban J connectivity index is 0.000000255. The van der Waals surface area contributed by atoms with E-state index in [1.54, 1.807) is 19.9 Å². The highest BCUT2D eigenvalue weighted by atomic mass is 35.5. The zero-order valence-electron chi connectivity index (χ0n) is 37.5. The Labute approximate surface area is 375 Å². The Bertz CT molecular complexity index is 2200. The van der Waals surface area contributed by atoms with Gasteiger partial charge < -0.3 is 4.90 Å². The largest absolute Gasteiger partial charge is 0.306 e. The van der Waals surface area contributed by atoms with E-state index in [0.717, 1.165) is 55.5 Å². The first-order valence-corrected chi connectivity index (χ1v) is 21.2. The smallest absolute Gasteiger partial charge is 0.133 e. The molecule has 1 fully saturated rings. The molecule has 1 saturated heterocycles. The van der Waals surface area contributed by atoms with Crippen LogP contribution >= 0.6 is 23.2 Å². The van der Waals surface area contributed by atoms with Gasteiger partial charge >= 0.3 is 0 Å². The molecule has 61 heavy (non-hydrogen) atoms. The highest BCUT2D eigenvalue weighted by Crippen LogP contribution is 2.27. The number of benzene rings is 5. The number of hydrogen-bond acceptors (Lipinski definition) is 4. The molecule has 0 amide bonds. The number of rotatable bonds is 0. The topological polar surface area (TPSA) is 41.9 Å². The Morgan fingerprint density at radius 1 is 0.557 bits per heavy atom. The molecule has 0 unspecified atom stereocenters. The number of piperidine rings is 1. The lowest BCUT2D eigenvalue weighted by Gasteiger charge is -2.26. The molecule has 0 atom stereocenters. The standard InChI is InChI=1S/C12H11Cl.C12H11F.C8H8ClF.C7H15N.C7H9N.C6H8N2.CH4/c2*1-8-3-6-11-10(7-8)5-4-9(2)12(11)13;1-5-3-7(9)6(2)8(10)4-5;1-7-3-5-8(2)6-4-7;1-6-3-4-7(2)8-5-6;1-5-3-7-6(2)8-4-5;/h2*3-7H,1-2H3;3-4H,1-2H3;7H,3-6H2,1-2H3;3-5H,1-2H3;3-4H,1-2H3;1H4. The first kappa shape index (κ1) is 52.4. The molecular formula is C53H66Cl2F2N4. The van der Waals surface area contributed by atoms with Crippen LogP contribution < -0.4 is 0 Å². The Hall–Kier alpha value is -4.75. The van der Waals surface area contributed by atoms with Crippen LogP contribution in [0.5, 0.6) is 0 Å². The molecule has 326 valence electrons. The molecule has 0 saturated carbocycles. The molecule has 4 nitrogen and oxygen atoms in total. The van der Waals surface area contributed by atoms with Crippen molar-refractivity contribution in [3.8, 4) is 0 Å². The van der Waals surface area contributed by atoms with Crippen molar-refractivity contribution in [2.45, 2.75) is 96.4 Å². The monoisotopic (exact) mass is 866 g/mol. The van der Waals surface area contributed by atoms with E-state index in [9.17, 15) is 8.78 Å². The van der Waals surface area contributed by atoms with Crippen LogP contribution in [-0.2, 0) is 0 Å². The molecule has 2 aromatic heterocycles. The van der Waals surface area contributed by atoms with Gasteiger partial charge in [-0.2, -0.15) is 0 Å². The van der Waals surface area contributed by atoms with Crippen molar-refractivity contribution in [3.63, 3.8) is 0 Å². The lowest BCUT2D eigenvalue weighted by atomic mass is 10.00. The van der Waals surface area contributed by atoms with Gasteiger partial charge in [0.25, 0.3) is 0 Å². The van der Waals surface area contributed by atoms with Gasteiger partial charge in [0.15, 0.2) is 0 Å². The van der Waals surface area contributed by atoms with E-state index in [4.69, 9.17) is 23.2 Å². The summed E-state index contributed by atoms with van der Waals surface area (Å²) in [6.07, 6.45) is 8.28. The normalized spacial score (nSPS) is 12.1. The predicted octanol–water partition coefficient (Wildman–Crippen LogP) is 15.6. The maximum atomic E-state index is 13.5. The number of pyridine rings is 1. The summed E-state index contributed by atoms with van der Waals surface area (Å²) in [4.78, 5) is 14.4. The summed E-state index contributed by atoms with van der Waals surface area (Å²) in [5.41, 5.74) is 9.06. The van der Waals surface area contributed by atoms with Crippen molar-refractivity contribution in [1.29, 1.82) is 0 Å². The van der Waals surface area contributed by atoms with Crippen molar-refractivity contribution in [1.82, 2.24) is 19.9 Å². The molecule has 8 heteroatoms. The maximum absolute atomic E-state index is 13.5. The predicted molar refractivity (Wildman–Crippen MR) is 261 cm³/mol. The van der Waals surface area contributed by atoms with Crippen molar-refractivity contribution in [2.24, 2.45) is 5.92 Å². The maximum Gasteiger partial charge on any atom is 0.133 e. The first-order valence-electron chi connectivity index (χ1n) is 20.4. The molecule has 0 bridgehead atoms. The van der Waals surface area contributed by atoms with Crippen LogP contribution in [0, 0.1) is 86.8 Å². The quantitative estimate of drug-likeness (QED) is 0.152. The second-order valence-electron chi connectivity index (χ2n) is 16.0. The molecule has 3 heterocycles. The van der Waals surface area contributed by atoms with E-state index < -0.39 is 0 Å². The van der Waals surface area contributed by atoms with E-state index in [-0.39, 0.29) is 19.1 Å². The highest BCUT2D eigenvalue weighted by Gasteiger charge is 2.11. The van der Waals surface area contributed by atoms with Crippen molar-refractivity contribution in [3.05, 3.63) is 181 Å². The summed E-state index contributed by atoms with van der Waals surface area (Å²) in [5.74, 6) is 1.48. The molecule has 0 aliphatic carbocycles. The van der Waals surface area contributed by atoms with Crippen LogP contribution in [0.4, 0.5) is 8.78 Å². The molecule has 8 rings (SSSR count). The van der Waals surface area contributed by atoms with Crippen LogP contribution in [0.15, 0.2) is 104 Å². The second kappa shape index (κ2) is 25.9. The molecular weight excluding hydrogens is 802 g/mol. The number of nitrogens with zero attached hydrogens (tertiary/aromatic N) is 4. The molecule has 0 radical (unpaired) electrons. The Kier molecular flexibility index (Phi) is 22.2. The van der Waals surface area contributed by atoms with E-state index in [0.29, 0.717) is 21.5 Å². The van der Waals surface area contributed by atoms with Gasteiger partial charge in [-0.1, -0.05) is 115 Å². The summed E-state index contributed by atoms with van der Waals surface area (Å²) in [5, 5.41) is 5.42. The average Bonchev–Trinajstić information content (AvgIpc) is 3.21. The SMILES string of the molecule is C.CC1CCN(C)CC1.Cc1cc(F)c(C)c(Cl)c1.Cc1ccc(C)nc1.Cc1ccc2c(Cl)c(C)ccc2c1.Cc1ccc2c(F)c(C)ccc2c1.Cc1cnc(C)nc1. The third kappa shape index (κ3) is 18.0. The lowest BCUT2D eigenvalue weighted by molar-refractivity contribution is 0.230. The van der Waals surface area contributed by atoms with Gasteiger partial charge in [0.1, 0.15) is 17.5 Å². The van der Waals surface area contributed by atoms with E-state index in [2.05, 4.69) is 77.1 Å². The zero-order valence-corrected chi connectivity index (χ0v) is 39.0. The van der Waals surface area contributed by atoms with E-state index >= 15 is 0 Å². The molecule has 1 aliphatic heterocycles. The molecule has 0 N–H and O–H groups in total. The lowest BCUT2D eigenvalue weighted by Crippen LogP contribution is -2.28. The first-order chi connectivity index (χ1) is 28.3. The minimum absolute atomic E-state index is 0. The van der Waals surface area contributed by atoms with Crippen LogP contribution in [0.2, 0.25) is 10.0 Å². The second-order valence-corrected chi connectivity index (χ2v) is 16.8. The van der Waals surface area contributed by atoms with Crippen LogP contribution in [0.25, 0.3) is 21.5 Å². The van der Waals surface area contributed by atoms with Gasteiger partial charge in [0.2, 0.25) is 0 Å². The van der Waals surface area contributed by atoms with Gasteiger partial charge in [-0.05, 0) is 165 Å². The summed E-state index contributed by atoms with van der Waals surface area (Å²) in [6, 6.07) is 27.3. The van der Waals surface area contributed by atoms with E-state index in [1.165, 1.54) is 48.5 Å². The third-order valence-electron chi connectivity index (χ3n) is 10.0. The number of aryl methyl sites for hydroxylation is 9.